The predicted molar refractivity (Wildman–Crippen MR) is 122 cm³/mol. The van der Waals surface area contributed by atoms with Crippen LogP contribution in [0.25, 0.3) is 21.9 Å². The Morgan fingerprint density at radius 3 is 2.67 bits per heavy atom. The normalized spacial score (nSPS) is 15.9. The molecule has 2 aromatic heterocycles. The molecule has 0 radical (unpaired) electrons. The summed E-state index contributed by atoms with van der Waals surface area (Å²) in [5, 5.41) is 1.02. The molecule has 1 aliphatic heterocycles. The molecule has 2 aromatic carbocycles. The van der Waals surface area contributed by atoms with Crippen molar-refractivity contribution in [3.05, 3.63) is 76.3 Å². The molecule has 1 aliphatic rings. The van der Waals surface area contributed by atoms with Crippen molar-refractivity contribution in [2.45, 2.75) is 32.7 Å². The minimum Gasteiger partial charge on any atom is -0.349 e. The second kappa shape index (κ2) is 8.07. The molecule has 30 heavy (non-hydrogen) atoms. The third kappa shape index (κ3) is 3.77. The van der Waals surface area contributed by atoms with Crippen LogP contribution in [0.3, 0.4) is 0 Å². The summed E-state index contributed by atoms with van der Waals surface area (Å²) < 4.78 is 1.75. The molecule has 0 bridgehead atoms. The molecule has 0 saturated carbocycles. The second-order valence-corrected chi connectivity index (χ2v) is 8.62. The van der Waals surface area contributed by atoms with E-state index in [2.05, 4.69) is 64.3 Å². The molecule has 0 amide bonds. The van der Waals surface area contributed by atoms with Gasteiger partial charge in [0, 0.05) is 24.0 Å². The number of hydrogen-bond acceptors (Lipinski definition) is 3. The van der Waals surface area contributed by atoms with Gasteiger partial charge in [0.15, 0.2) is 0 Å². The van der Waals surface area contributed by atoms with E-state index in [4.69, 9.17) is 0 Å². The van der Waals surface area contributed by atoms with Crippen molar-refractivity contribution in [2.24, 2.45) is 5.92 Å². The lowest BCUT2D eigenvalue weighted by atomic mass is 9.90. The Morgan fingerprint density at radius 1 is 1.07 bits per heavy atom. The first-order chi connectivity index (χ1) is 14.7. The smallest absolute Gasteiger partial charge is 0.277 e. The molecule has 4 aromatic rings. The number of fused-ring (bicyclic) bond motifs is 3. The number of likely N-dealkylation sites (tertiary alicyclic amines) is 1. The maximum Gasteiger partial charge on any atom is 0.277 e. The van der Waals surface area contributed by atoms with E-state index in [0.29, 0.717) is 12.1 Å². The van der Waals surface area contributed by atoms with E-state index in [0.717, 1.165) is 42.0 Å². The number of aryl methyl sites for hydroxylation is 1. The minimum absolute atomic E-state index is 0.0211. The average molecular weight is 401 g/mol. The van der Waals surface area contributed by atoms with Crippen LogP contribution < -0.4 is 5.56 Å². The molecule has 1 fully saturated rings. The molecule has 0 unspecified atom stereocenters. The maximum atomic E-state index is 13.0. The average Bonchev–Trinajstić information content (AvgIpc) is 3.14. The van der Waals surface area contributed by atoms with E-state index in [1.54, 1.807) is 10.9 Å². The number of piperidine rings is 1. The van der Waals surface area contributed by atoms with E-state index in [1.807, 2.05) is 6.07 Å². The summed E-state index contributed by atoms with van der Waals surface area (Å²) in [6.45, 7) is 5.84. The fraction of sp³-hybridized carbons (Fsp3) is 0.360. The SMILES string of the molecule is Cc1ccc2[nH]c3c(=O)n(CCN4CCC(Cc5ccccc5)CC4)cnc3c2c1. The zero-order chi connectivity index (χ0) is 20.5. The molecule has 0 aliphatic carbocycles. The van der Waals surface area contributed by atoms with Gasteiger partial charge in [-0.3, -0.25) is 9.36 Å². The molecule has 5 rings (SSSR count). The Bertz CT molecular complexity index is 1220. The fourth-order valence-electron chi connectivity index (χ4n) is 4.67. The van der Waals surface area contributed by atoms with Gasteiger partial charge in [-0.15, -0.1) is 0 Å². The van der Waals surface area contributed by atoms with Crippen molar-refractivity contribution in [1.82, 2.24) is 19.4 Å². The summed E-state index contributed by atoms with van der Waals surface area (Å²) >= 11 is 0. The zero-order valence-electron chi connectivity index (χ0n) is 17.5. The van der Waals surface area contributed by atoms with Crippen LogP contribution in [-0.4, -0.2) is 39.1 Å². The van der Waals surface area contributed by atoms with E-state index in [1.165, 1.54) is 30.4 Å². The Labute approximate surface area is 176 Å². The monoisotopic (exact) mass is 400 g/mol. The largest absolute Gasteiger partial charge is 0.349 e. The number of benzene rings is 2. The number of nitrogens with zero attached hydrogens (tertiary/aromatic N) is 3. The van der Waals surface area contributed by atoms with E-state index >= 15 is 0 Å². The first-order valence-corrected chi connectivity index (χ1v) is 10.9. The van der Waals surface area contributed by atoms with Gasteiger partial charge >= 0.3 is 0 Å². The van der Waals surface area contributed by atoms with Crippen LogP contribution in [0.15, 0.2) is 59.7 Å². The topological polar surface area (TPSA) is 53.9 Å². The summed E-state index contributed by atoms with van der Waals surface area (Å²) in [4.78, 5) is 23.3. The number of aromatic nitrogens is 3. The molecular formula is C25H28N4O. The Hall–Kier alpha value is -2.92. The van der Waals surface area contributed by atoms with Gasteiger partial charge < -0.3 is 9.88 Å². The zero-order valence-corrected chi connectivity index (χ0v) is 17.5. The van der Waals surface area contributed by atoms with Crippen molar-refractivity contribution in [3.8, 4) is 0 Å². The van der Waals surface area contributed by atoms with Crippen molar-refractivity contribution in [2.75, 3.05) is 19.6 Å². The third-order valence-corrected chi connectivity index (χ3v) is 6.46. The van der Waals surface area contributed by atoms with Crippen LogP contribution in [0.1, 0.15) is 24.0 Å². The molecule has 0 spiro atoms. The van der Waals surface area contributed by atoms with Crippen LogP contribution >= 0.6 is 0 Å². The molecule has 1 N–H and O–H groups in total. The highest BCUT2D eigenvalue weighted by molar-refractivity contribution is 6.04. The highest BCUT2D eigenvalue weighted by Crippen LogP contribution is 2.23. The van der Waals surface area contributed by atoms with Crippen LogP contribution in [0.5, 0.6) is 0 Å². The van der Waals surface area contributed by atoms with E-state index < -0.39 is 0 Å². The first kappa shape index (κ1) is 19.1. The first-order valence-electron chi connectivity index (χ1n) is 10.9. The summed E-state index contributed by atoms with van der Waals surface area (Å²) in [5.41, 5.74) is 4.99. The lowest BCUT2D eigenvalue weighted by Crippen LogP contribution is -2.37. The van der Waals surface area contributed by atoms with Crippen molar-refractivity contribution < 1.29 is 0 Å². The van der Waals surface area contributed by atoms with Gasteiger partial charge in [0.2, 0.25) is 0 Å². The predicted octanol–water partition coefficient (Wildman–Crippen LogP) is 4.14. The molecule has 0 atom stereocenters. The van der Waals surface area contributed by atoms with E-state index in [-0.39, 0.29) is 5.56 Å². The number of nitrogens with one attached hydrogen (secondary N) is 1. The van der Waals surface area contributed by atoms with Crippen LogP contribution in [0.4, 0.5) is 0 Å². The van der Waals surface area contributed by atoms with Gasteiger partial charge in [0.1, 0.15) is 11.0 Å². The summed E-state index contributed by atoms with van der Waals surface area (Å²) in [6, 6.07) is 17.0. The minimum atomic E-state index is 0.0211. The van der Waals surface area contributed by atoms with Gasteiger partial charge in [-0.1, -0.05) is 42.0 Å². The standard InChI is InChI=1S/C25H28N4O/c1-18-7-8-22-21(15-18)23-24(27-22)25(30)29(17-26-23)14-13-28-11-9-20(10-12-28)16-19-5-3-2-4-6-19/h2-8,15,17,20,27H,9-14,16H2,1H3. The van der Waals surface area contributed by atoms with Gasteiger partial charge in [-0.25, -0.2) is 4.98 Å². The second-order valence-electron chi connectivity index (χ2n) is 8.62. The van der Waals surface area contributed by atoms with Crippen LogP contribution in [-0.2, 0) is 13.0 Å². The van der Waals surface area contributed by atoms with Crippen LogP contribution in [0, 0.1) is 12.8 Å². The molecule has 154 valence electrons. The highest BCUT2D eigenvalue weighted by atomic mass is 16.1. The molecule has 3 heterocycles. The fourth-order valence-corrected chi connectivity index (χ4v) is 4.67. The molecule has 5 heteroatoms. The van der Waals surface area contributed by atoms with Crippen LogP contribution in [0.2, 0.25) is 0 Å². The van der Waals surface area contributed by atoms with Crippen molar-refractivity contribution in [3.63, 3.8) is 0 Å². The van der Waals surface area contributed by atoms with E-state index in [9.17, 15) is 4.79 Å². The summed E-state index contributed by atoms with van der Waals surface area (Å²) in [7, 11) is 0. The van der Waals surface area contributed by atoms with Gasteiger partial charge in [0.25, 0.3) is 5.56 Å². The van der Waals surface area contributed by atoms with Crippen molar-refractivity contribution in [1.29, 1.82) is 0 Å². The van der Waals surface area contributed by atoms with Gasteiger partial charge in [-0.05, 0) is 62.9 Å². The Kier molecular flexibility index (Phi) is 5.13. The third-order valence-electron chi connectivity index (χ3n) is 6.46. The lowest BCUT2D eigenvalue weighted by molar-refractivity contribution is 0.178. The maximum absolute atomic E-state index is 13.0. The van der Waals surface area contributed by atoms with Crippen molar-refractivity contribution >= 4 is 21.9 Å². The summed E-state index contributed by atoms with van der Waals surface area (Å²) in [6.07, 6.45) is 5.34. The number of rotatable bonds is 5. The number of H-pyrrole nitrogens is 1. The highest BCUT2D eigenvalue weighted by Gasteiger charge is 2.19. The molecule has 5 nitrogen and oxygen atoms in total. The molecule has 1 saturated heterocycles. The number of aromatic amines is 1. The van der Waals surface area contributed by atoms with Gasteiger partial charge in [0.05, 0.1) is 6.33 Å². The Balaban J connectivity index is 1.23. The van der Waals surface area contributed by atoms with Gasteiger partial charge in [-0.2, -0.15) is 0 Å². The number of hydrogen-bond donors (Lipinski definition) is 1. The lowest BCUT2D eigenvalue weighted by Gasteiger charge is -2.32. The quantitative estimate of drug-likeness (QED) is 0.548. The summed E-state index contributed by atoms with van der Waals surface area (Å²) in [5.74, 6) is 0.763. The molecular weight excluding hydrogens is 372 g/mol. The Morgan fingerprint density at radius 2 is 1.87 bits per heavy atom.